The molecule has 0 aliphatic rings. The van der Waals surface area contributed by atoms with Gasteiger partial charge in [0.2, 0.25) is 0 Å². The highest BCUT2D eigenvalue weighted by Gasteiger charge is 2.12. The number of nitrogens with one attached hydrogen (secondary N) is 1. The van der Waals surface area contributed by atoms with Crippen LogP contribution in [-0.4, -0.2) is 11.9 Å². The number of amides is 1. The summed E-state index contributed by atoms with van der Waals surface area (Å²) in [6.45, 7) is 1.33. The van der Waals surface area contributed by atoms with Gasteiger partial charge in [-0.1, -0.05) is 35.9 Å². The fourth-order valence-electron chi connectivity index (χ4n) is 2.38. The summed E-state index contributed by atoms with van der Waals surface area (Å²) in [5.41, 5.74) is 1.03. The molecular weight excluding hydrogens is 326 g/mol. The Balaban J connectivity index is 1.97. The summed E-state index contributed by atoms with van der Waals surface area (Å²) in [6, 6.07) is 17.6. The monoisotopic (exact) mass is 339 g/mol. The fraction of sp³-hybridized carbons (Fsp3) is 0.0526. The van der Waals surface area contributed by atoms with E-state index < -0.39 is 5.97 Å². The van der Waals surface area contributed by atoms with Crippen LogP contribution in [0.4, 0.5) is 5.69 Å². The molecule has 4 nitrogen and oxygen atoms in total. The van der Waals surface area contributed by atoms with E-state index in [9.17, 15) is 9.59 Å². The van der Waals surface area contributed by atoms with E-state index in [0.717, 1.165) is 10.8 Å². The molecule has 0 saturated heterocycles. The third-order valence-electron chi connectivity index (χ3n) is 3.44. The van der Waals surface area contributed by atoms with Gasteiger partial charge in [-0.15, -0.1) is 0 Å². The number of hydrogen-bond donors (Lipinski definition) is 1. The fourth-order valence-corrected chi connectivity index (χ4v) is 2.51. The van der Waals surface area contributed by atoms with Crippen molar-refractivity contribution in [2.75, 3.05) is 5.32 Å². The molecule has 120 valence electrons. The molecule has 24 heavy (non-hydrogen) atoms. The molecule has 0 spiro atoms. The molecule has 0 heterocycles. The van der Waals surface area contributed by atoms with Crippen LogP contribution in [0.1, 0.15) is 17.3 Å². The standard InChI is InChI=1S/C19H14ClNO3/c1-12(22)24-18-11-14(10-13-4-2-3-5-17(13)18)19(23)21-16-8-6-15(20)7-9-16/h2-11H,1H3,(H,21,23). The van der Waals surface area contributed by atoms with Crippen molar-refractivity contribution in [1.82, 2.24) is 0 Å². The summed E-state index contributed by atoms with van der Waals surface area (Å²) in [4.78, 5) is 23.8. The van der Waals surface area contributed by atoms with Gasteiger partial charge in [0.15, 0.2) is 0 Å². The van der Waals surface area contributed by atoms with Crippen LogP contribution < -0.4 is 10.1 Å². The van der Waals surface area contributed by atoms with E-state index in [-0.39, 0.29) is 5.91 Å². The van der Waals surface area contributed by atoms with Gasteiger partial charge in [0.25, 0.3) is 5.91 Å². The van der Waals surface area contributed by atoms with Crippen molar-refractivity contribution in [1.29, 1.82) is 0 Å². The molecule has 1 amide bonds. The molecule has 0 saturated carbocycles. The highest BCUT2D eigenvalue weighted by molar-refractivity contribution is 6.30. The minimum atomic E-state index is -0.435. The van der Waals surface area contributed by atoms with Crippen molar-refractivity contribution in [3.8, 4) is 5.75 Å². The third-order valence-corrected chi connectivity index (χ3v) is 3.69. The first-order valence-corrected chi connectivity index (χ1v) is 7.69. The number of rotatable bonds is 3. The van der Waals surface area contributed by atoms with Crippen LogP contribution in [0.5, 0.6) is 5.75 Å². The molecule has 0 atom stereocenters. The van der Waals surface area contributed by atoms with Crippen LogP contribution in [-0.2, 0) is 4.79 Å². The summed E-state index contributed by atoms with van der Waals surface area (Å²) in [5, 5.41) is 4.98. The number of benzene rings is 3. The molecule has 1 N–H and O–H groups in total. The van der Waals surface area contributed by atoms with Crippen molar-refractivity contribution in [2.45, 2.75) is 6.92 Å². The van der Waals surface area contributed by atoms with Gasteiger partial charge < -0.3 is 10.1 Å². The lowest BCUT2D eigenvalue weighted by Crippen LogP contribution is -2.12. The number of halogens is 1. The lowest BCUT2D eigenvalue weighted by Gasteiger charge is -2.10. The number of esters is 1. The maximum atomic E-state index is 12.5. The number of fused-ring (bicyclic) bond motifs is 1. The summed E-state index contributed by atoms with van der Waals surface area (Å²) in [5.74, 6) is -0.367. The average Bonchev–Trinajstić information content (AvgIpc) is 2.56. The second-order valence-corrected chi connectivity index (χ2v) is 5.69. The van der Waals surface area contributed by atoms with Gasteiger partial charge in [-0.3, -0.25) is 9.59 Å². The molecule has 5 heteroatoms. The third kappa shape index (κ3) is 3.55. The predicted molar refractivity (Wildman–Crippen MR) is 94.7 cm³/mol. The molecule has 0 bridgehead atoms. The van der Waals surface area contributed by atoms with Crippen LogP contribution in [0, 0.1) is 0 Å². The number of carbonyl (C=O) groups is 2. The number of carbonyl (C=O) groups excluding carboxylic acids is 2. The van der Waals surface area contributed by atoms with Crippen LogP contribution >= 0.6 is 11.6 Å². The van der Waals surface area contributed by atoms with Gasteiger partial charge in [-0.25, -0.2) is 0 Å². The number of anilines is 1. The lowest BCUT2D eigenvalue weighted by molar-refractivity contribution is -0.131. The number of hydrogen-bond acceptors (Lipinski definition) is 3. The van der Waals surface area contributed by atoms with Crippen LogP contribution in [0.2, 0.25) is 5.02 Å². The Labute approximate surface area is 144 Å². The summed E-state index contributed by atoms with van der Waals surface area (Å²) in [7, 11) is 0. The molecule has 0 unspecified atom stereocenters. The van der Waals surface area contributed by atoms with Gasteiger partial charge in [-0.05, 0) is 41.8 Å². The highest BCUT2D eigenvalue weighted by Crippen LogP contribution is 2.28. The van der Waals surface area contributed by atoms with Crippen LogP contribution in [0.3, 0.4) is 0 Å². The first-order chi connectivity index (χ1) is 11.5. The predicted octanol–water partition coefficient (Wildman–Crippen LogP) is 4.67. The van der Waals surface area contributed by atoms with E-state index in [1.54, 1.807) is 36.4 Å². The second-order valence-electron chi connectivity index (χ2n) is 5.25. The first kappa shape index (κ1) is 16.0. The molecule has 0 radical (unpaired) electrons. The normalized spacial score (nSPS) is 10.4. The molecule has 0 fully saturated rings. The summed E-state index contributed by atoms with van der Waals surface area (Å²) >= 11 is 5.84. The van der Waals surface area contributed by atoms with E-state index in [1.807, 2.05) is 24.3 Å². The van der Waals surface area contributed by atoms with Crippen molar-refractivity contribution < 1.29 is 14.3 Å². The second kappa shape index (κ2) is 6.72. The van der Waals surface area contributed by atoms with E-state index in [0.29, 0.717) is 22.0 Å². The molecule has 3 rings (SSSR count). The Bertz CT molecular complexity index is 920. The quantitative estimate of drug-likeness (QED) is 0.557. The van der Waals surface area contributed by atoms with E-state index in [2.05, 4.69) is 5.32 Å². The van der Waals surface area contributed by atoms with Crippen molar-refractivity contribution in [3.05, 3.63) is 71.2 Å². The molecule has 3 aromatic rings. The first-order valence-electron chi connectivity index (χ1n) is 7.31. The van der Waals surface area contributed by atoms with E-state index in [4.69, 9.17) is 16.3 Å². The zero-order chi connectivity index (χ0) is 17.1. The molecule has 3 aromatic carbocycles. The Morgan fingerprint density at radius 1 is 1.00 bits per heavy atom. The van der Waals surface area contributed by atoms with Gasteiger partial charge in [0, 0.05) is 28.6 Å². The highest BCUT2D eigenvalue weighted by atomic mass is 35.5. The van der Waals surface area contributed by atoms with Crippen LogP contribution in [0.25, 0.3) is 10.8 Å². The minimum absolute atomic E-state index is 0.295. The van der Waals surface area contributed by atoms with Gasteiger partial charge in [0.05, 0.1) is 0 Å². The Hall–Kier alpha value is -2.85. The van der Waals surface area contributed by atoms with Gasteiger partial charge >= 0.3 is 5.97 Å². The van der Waals surface area contributed by atoms with E-state index in [1.165, 1.54) is 6.92 Å². The molecule has 0 aliphatic heterocycles. The number of ether oxygens (including phenoxy) is 1. The SMILES string of the molecule is CC(=O)Oc1cc(C(=O)Nc2ccc(Cl)cc2)cc2ccccc12. The van der Waals surface area contributed by atoms with Crippen molar-refractivity contribution in [3.63, 3.8) is 0 Å². The van der Waals surface area contributed by atoms with Crippen molar-refractivity contribution >= 4 is 39.9 Å². The van der Waals surface area contributed by atoms with E-state index >= 15 is 0 Å². The zero-order valence-corrected chi connectivity index (χ0v) is 13.6. The lowest BCUT2D eigenvalue weighted by atomic mass is 10.1. The van der Waals surface area contributed by atoms with Crippen molar-refractivity contribution in [2.24, 2.45) is 0 Å². The maximum absolute atomic E-state index is 12.5. The smallest absolute Gasteiger partial charge is 0.308 e. The molecule has 0 aliphatic carbocycles. The van der Waals surface area contributed by atoms with Gasteiger partial charge in [-0.2, -0.15) is 0 Å². The van der Waals surface area contributed by atoms with Crippen LogP contribution in [0.15, 0.2) is 60.7 Å². The maximum Gasteiger partial charge on any atom is 0.308 e. The Morgan fingerprint density at radius 3 is 2.42 bits per heavy atom. The Morgan fingerprint density at radius 2 is 1.71 bits per heavy atom. The molecular formula is C19H14ClNO3. The topological polar surface area (TPSA) is 55.4 Å². The zero-order valence-electron chi connectivity index (χ0n) is 12.9. The summed E-state index contributed by atoms with van der Waals surface area (Å²) < 4.78 is 5.25. The average molecular weight is 340 g/mol. The largest absolute Gasteiger partial charge is 0.426 e. The van der Waals surface area contributed by atoms with Gasteiger partial charge in [0.1, 0.15) is 5.75 Å². The Kier molecular flexibility index (Phi) is 4.49. The minimum Gasteiger partial charge on any atom is -0.426 e. The summed E-state index contributed by atoms with van der Waals surface area (Å²) in [6.07, 6.45) is 0. The molecule has 0 aromatic heterocycles.